The van der Waals surface area contributed by atoms with Crippen LogP contribution in [0.1, 0.15) is 12.5 Å². The van der Waals surface area contributed by atoms with Gasteiger partial charge in [0.25, 0.3) is 0 Å². The normalized spacial score (nSPS) is 19.1. The van der Waals surface area contributed by atoms with Crippen LogP contribution in [0, 0.1) is 0 Å². The van der Waals surface area contributed by atoms with Gasteiger partial charge in [0.15, 0.2) is 5.82 Å². The molecule has 2 heterocycles. The highest BCUT2D eigenvalue weighted by Gasteiger charge is 2.26. The molecule has 0 saturated carbocycles. The average molecular weight is 409 g/mol. The number of benzene rings is 2. The molecule has 0 amide bonds. The van der Waals surface area contributed by atoms with Crippen LogP contribution in [0.25, 0.3) is 11.4 Å². The number of rotatable bonds is 7. The highest BCUT2D eigenvalue weighted by molar-refractivity contribution is 5.54. The van der Waals surface area contributed by atoms with Crippen molar-refractivity contribution in [2.45, 2.75) is 32.2 Å². The number of nitrogens with zero attached hydrogens (tertiary/aromatic N) is 4. The summed E-state index contributed by atoms with van der Waals surface area (Å²) in [6.45, 7) is 6.58. The van der Waals surface area contributed by atoms with E-state index >= 15 is 0 Å². The van der Waals surface area contributed by atoms with E-state index in [-0.39, 0.29) is 6.54 Å². The fraction of sp³-hybridized carbons (Fsp3) is 0.391. The first-order valence-corrected chi connectivity index (χ1v) is 10.4. The average Bonchev–Trinajstić information content (AvgIpc) is 3.11. The molecule has 2 atom stereocenters. The van der Waals surface area contributed by atoms with Gasteiger partial charge in [0.2, 0.25) is 0 Å². The Morgan fingerprint density at radius 1 is 1.07 bits per heavy atom. The third kappa shape index (κ3) is 4.87. The molecule has 158 valence electrons. The van der Waals surface area contributed by atoms with Crippen LogP contribution in [-0.4, -0.2) is 63.0 Å². The quantitative estimate of drug-likeness (QED) is 0.645. The maximum atomic E-state index is 12.1. The Kier molecular flexibility index (Phi) is 6.42. The highest BCUT2D eigenvalue weighted by atomic mass is 16.5. The van der Waals surface area contributed by atoms with E-state index in [4.69, 9.17) is 4.52 Å². The summed E-state index contributed by atoms with van der Waals surface area (Å²) in [6, 6.07) is 20.2. The second-order valence-electron chi connectivity index (χ2n) is 7.97. The SMILES string of the molecule is C[C@@H]1CN(Cc2ccccc2)CCN1CC(O)Cn1c(-c2ccccc2)noc1=O. The molecule has 0 aliphatic carbocycles. The van der Waals surface area contributed by atoms with Gasteiger partial charge < -0.3 is 5.11 Å². The van der Waals surface area contributed by atoms with Crippen LogP contribution in [0.5, 0.6) is 0 Å². The van der Waals surface area contributed by atoms with Gasteiger partial charge in [-0.3, -0.25) is 18.9 Å². The molecule has 1 unspecified atom stereocenters. The predicted molar refractivity (Wildman–Crippen MR) is 115 cm³/mol. The zero-order chi connectivity index (χ0) is 20.9. The van der Waals surface area contributed by atoms with Gasteiger partial charge in [-0.2, -0.15) is 0 Å². The lowest BCUT2D eigenvalue weighted by molar-refractivity contribution is 0.0307. The molecule has 1 N–H and O–H groups in total. The first-order valence-electron chi connectivity index (χ1n) is 10.4. The zero-order valence-corrected chi connectivity index (χ0v) is 17.2. The number of β-amino-alcohol motifs (C(OH)–C–C–N with tert-alkyl or cyclic N) is 1. The van der Waals surface area contributed by atoms with Crippen molar-refractivity contribution in [2.75, 3.05) is 26.2 Å². The molecule has 3 aromatic rings. The van der Waals surface area contributed by atoms with E-state index < -0.39 is 11.9 Å². The topological polar surface area (TPSA) is 74.7 Å². The van der Waals surface area contributed by atoms with Gasteiger partial charge >= 0.3 is 5.76 Å². The fourth-order valence-electron chi connectivity index (χ4n) is 4.09. The minimum atomic E-state index is -0.687. The van der Waals surface area contributed by atoms with E-state index in [1.54, 1.807) is 0 Å². The molecule has 1 aliphatic rings. The highest BCUT2D eigenvalue weighted by Crippen LogP contribution is 2.17. The zero-order valence-electron chi connectivity index (χ0n) is 17.2. The van der Waals surface area contributed by atoms with Crippen molar-refractivity contribution < 1.29 is 9.63 Å². The molecule has 0 spiro atoms. The Labute approximate surface area is 176 Å². The van der Waals surface area contributed by atoms with Gasteiger partial charge in [0, 0.05) is 44.3 Å². The Morgan fingerprint density at radius 3 is 2.47 bits per heavy atom. The molecule has 1 aromatic heterocycles. The van der Waals surface area contributed by atoms with Crippen LogP contribution in [0.2, 0.25) is 0 Å². The molecule has 1 aliphatic heterocycles. The van der Waals surface area contributed by atoms with Gasteiger partial charge in [0.05, 0.1) is 12.6 Å². The van der Waals surface area contributed by atoms with E-state index in [2.05, 4.69) is 46.1 Å². The third-order valence-corrected chi connectivity index (χ3v) is 5.66. The van der Waals surface area contributed by atoms with Crippen molar-refractivity contribution >= 4 is 0 Å². The predicted octanol–water partition coefficient (Wildman–Crippen LogP) is 2.07. The second kappa shape index (κ2) is 9.38. The Balaban J connectivity index is 1.35. The van der Waals surface area contributed by atoms with Crippen LogP contribution in [0.15, 0.2) is 70.0 Å². The number of aliphatic hydroxyl groups is 1. The van der Waals surface area contributed by atoms with Gasteiger partial charge in [-0.15, -0.1) is 0 Å². The molecular weight excluding hydrogens is 380 g/mol. The summed E-state index contributed by atoms with van der Waals surface area (Å²) in [5.74, 6) is -0.103. The molecule has 30 heavy (non-hydrogen) atoms. The van der Waals surface area contributed by atoms with Gasteiger partial charge in [-0.25, -0.2) is 4.79 Å². The van der Waals surface area contributed by atoms with E-state index in [0.717, 1.165) is 31.7 Å². The first kappa shape index (κ1) is 20.5. The lowest BCUT2D eigenvalue weighted by Gasteiger charge is -2.40. The molecule has 7 nitrogen and oxygen atoms in total. The minimum Gasteiger partial charge on any atom is -0.390 e. The number of hydrogen-bond acceptors (Lipinski definition) is 6. The van der Waals surface area contributed by atoms with Crippen LogP contribution >= 0.6 is 0 Å². The Bertz CT molecular complexity index is 986. The summed E-state index contributed by atoms with van der Waals surface area (Å²) in [4.78, 5) is 16.9. The second-order valence-corrected chi connectivity index (χ2v) is 7.97. The van der Waals surface area contributed by atoms with Crippen LogP contribution < -0.4 is 5.76 Å². The lowest BCUT2D eigenvalue weighted by atomic mass is 10.1. The molecule has 0 radical (unpaired) electrons. The molecule has 1 fully saturated rings. The summed E-state index contributed by atoms with van der Waals surface area (Å²) in [7, 11) is 0. The number of aliphatic hydroxyl groups excluding tert-OH is 1. The third-order valence-electron chi connectivity index (χ3n) is 5.66. The van der Waals surface area contributed by atoms with Crippen LogP contribution in [0.4, 0.5) is 0 Å². The number of hydrogen-bond donors (Lipinski definition) is 1. The molecule has 2 aromatic carbocycles. The fourth-order valence-corrected chi connectivity index (χ4v) is 4.09. The van der Waals surface area contributed by atoms with Crippen molar-refractivity contribution in [1.29, 1.82) is 0 Å². The van der Waals surface area contributed by atoms with Crippen molar-refractivity contribution in [3.63, 3.8) is 0 Å². The molecule has 4 rings (SSSR count). The van der Waals surface area contributed by atoms with Crippen LogP contribution in [0.3, 0.4) is 0 Å². The summed E-state index contributed by atoms with van der Waals surface area (Å²) in [5, 5.41) is 14.6. The summed E-state index contributed by atoms with van der Waals surface area (Å²) in [6.07, 6.45) is -0.687. The molecule has 1 saturated heterocycles. The summed E-state index contributed by atoms with van der Waals surface area (Å²) < 4.78 is 6.27. The lowest BCUT2D eigenvalue weighted by Crippen LogP contribution is -2.53. The monoisotopic (exact) mass is 408 g/mol. The van der Waals surface area contributed by atoms with Crippen molar-refractivity contribution in [2.24, 2.45) is 0 Å². The molecule has 7 heteroatoms. The van der Waals surface area contributed by atoms with E-state index in [9.17, 15) is 9.90 Å². The molecular formula is C23H28N4O3. The first-order chi connectivity index (χ1) is 14.6. The van der Waals surface area contributed by atoms with Gasteiger partial charge in [-0.1, -0.05) is 65.8 Å². The van der Waals surface area contributed by atoms with E-state index in [0.29, 0.717) is 18.4 Å². The Hall–Kier alpha value is -2.74. The summed E-state index contributed by atoms with van der Waals surface area (Å²) in [5.41, 5.74) is 2.11. The van der Waals surface area contributed by atoms with Crippen molar-refractivity contribution in [3.05, 3.63) is 76.8 Å². The maximum Gasteiger partial charge on any atom is 0.441 e. The number of aromatic nitrogens is 2. The number of piperazine rings is 1. The van der Waals surface area contributed by atoms with Gasteiger partial charge in [0.1, 0.15) is 0 Å². The van der Waals surface area contributed by atoms with Crippen molar-refractivity contribution in [1.82, 2.24) is 19.5 Å². The minimum absolute atomic E-state index is 0.156. The van der Waals surface area contributed by atoms with E-state index in [1.165, 1.54) is 10.1 Å². The smallest absolute Gasteiger partial charge is 0.390 e. The van der Waals surface area contributed by atoms with Gasteiger partial charge in [-0.05, 0) is 12.5 Å². The van der Waals surface area contributed by atoms with E-state index in [1.807, 2.05) is 36.4 Å². The molecule has 0 bridgehead atoms. The van der Waals surface area contributed by atoms with Crippen molar-refractivity contribution in [3.8, 4) is 11.4 Å². The standard InChI is InChI=1S/C23H28N4O3/c1-18-14-25(15-19-8-4-2-5-9-19)12-13-26(18)16-21(28)17-27-22(24-30-23(27)29)20-10-6-3-7-11-20/h2-11,18,21,28H,12-17H2,1H3/t18-,21?/m1/s1. The Morgan fingerprint density at radius 2 is 1.77 bits per heavy atom. The van der Waals surface area contributed by atoms with Crippen LogP contribution in [-0.2, 0) is 13.1 Å². The maximum absolute atomic E-state index is 12.1. The summed E-state index contributed by atoms with van der Waals surface area (Å²) >= 11 is 0. The largest absolute Gasteiger partial charge is 0.441 e.